The van der Waals surface area contributed by atoms with E-state index in [-0.39, 0.29) is 11.9 Å². The van der Waals surface area contributed by atoms with Gasteiger partial charge in [-0.3, -0.25) is 9.78 Å². The molecule has 1 amide bonds. The molecule has 0 radical (unpaired) electrons. The molecule has 4 rings (SSSR count). The molecule has 0 spiro atoms. The van der Waals surface area contributed by atoms with Gasteiger partial charge < -0.3 is 4.90 Å². The fourth-order valence-electron chi connectivity index (χ4n) is 3.34. The van der Waals surface area contributed by atoms with Crippen molar-refractivity contribution >= 4 is 17.2 Å². The highest BCUT2D eigenvalue weighted by molar-refractivity contribution is 7.13. The summed E-state index contributed by atoms with van der Waals surface area (Å²) < 4.78 is 0. The van der Waals surface area contributed by atoms with E-state index in [1.54, 1.807) is 6.20 Å². The number of hydrogen-bond donors (Lipinski definition) is 0. The van der Waals surface area contributed by atoms with Crippen molar-refractivity contribution in [3.8, 4) is 10.7 Å². The maximum absolute atomic E-state index is 12.8. The van der Waals surface area contributed by atoms with E-state index in [4.69, 9.17) is 0 Å². The zero-order chi connectivity index (χ0) is 17.1. The fourth-order valence-corrected chi connectivity index (χ4v) is 4.13. The number of pyridine rings is 1. The van der Waals surface area contributed by atoms with Crippen molar-refractivity contribution in [1.29, 1.82) is 0 Å². The molecule has 0 bridgehead atoms. The van der Waals surface area contributed by atoms with Gasteiger partial charge in [0.2, 0.25) is 5.91 Å². The Labute approximate surface area is 151 Å². The molecular formula is C20H19N3OS. The van der Waals surface area contributed by atoms with E-state index in [1.807, 2.05) is 46.7 Å². The largest absolute Gasteiger partial charge is 0.335 e. The van der Waals surface area contributed by atoms with Crippen LogP contribution in [0.1, 0.15) is 30.1 Å². The number of carbonyl (C=O) groups excluding carboxylic acids is 1. The van der Waals surface area contributed by atoms with Crippen LogP contribution in [0.4, 0.5) is 0 Å². The first-order chi connectivity index (χ1) is 12.3. The van der Waals surface area contributed by atoms with E-state index in [2.05, 4.69) is 22.1 Å². The quantitative estimate of drug-likeness (QED) is 0.712. The van der Waals surface area contributed by atoms with Crippen LogP contribution in [-0.2, 0) is 11.2 Å². The molecule has 2 aromatic heterocycles. The zero-order valence-corrected chi connectivity index (χ0v) is 14.7. The van der Waals surface area contributed by atoms with Crippen molar-refractivity contribution < 1.29 is 4.79 Å². The Balaban J connectivity index is 1.48. The molecule has 0 N–H and O–H groups in total. The van der Waals surface area contributed by atoms with Crippen LogP contribution in [0.15, 0.2) is 60.1 Å². The van der Waals surface area contributed by atoms with E-state index >= 15 is 0 Å². The molecule has 1 aliphatic rings. The maximum Gasteiger partial charge on any atom is 0.229 e. The Morgan fingerprint density at radius 2 is 2.00 bits per heavy atom. The molecule has 25 heavy (non-hydrogen) atoms. The number of nitrogens with zero attached hydrogens (tertiary/aromatic N) is 3. The number of aromatic nitrogens is 2. The molecule has 1 aromatic carbocycles. The molecule has 0 saturated carbocycles. The number of carbonyl (C=O) groups is 1. The van der Waals surface area contributed by atoms with Crippen molar-refractivity contribution in [3.63, 3.8) is 0 Å². The van der Waals surface area contributed by atoms with Crippen LogP contribution in [0.3, 0.4) is 0 Å². The minimum absolute atomic E-state index is 0.157. The molecule has 1 unspecified atom stereocenters. The number of benzene rings is 1. The lowest BCUT2D eigenvalue weighted by Gasteiger charge is -2.25. The highest BCUT2D eigenvalue weighted by Gasteiger charge is 2.30. The summed E-state index contributed by atoms with van der Waals surface area (Å²) in [6.07, 6.45) is 4.20. The Morgan fingerprint density at radius 1 is 1.16 bits per heavy atom. The highest BCUT2D eigenvalue weighted by atomic mass is 32.1. The molecule has 126 valence electrons. The van der Waals surface area contributed by atoms with Crippen molar-refractivity contribution in [1.82, 2.24) is 14.9 Å². The number of thiazole rings is 1. The number of hydrogen-bond acceptors (Lipinski definition) is 4. The monoisotopic (exact) mass is 349 g/mol. The molecular weight excluding hydrogens is 330 g/mol. The van der Waals surface area contributed by atoms with E-state index < -0.39 is 0 Å². The standard InChI is InChI=1S/C20H19N3OS/c24-19(23-12-6-10-18(23)15-7-2-1-3-8-15)13-16-14-25-20(22-16)17-9-4-5-11-21-17/h1-5,7-9,11,14,18H,6,10,12-13H2. The molecule has 3 aromatic rings. The van der Waals surface area contributed by atoms with Crippen LogP contribution in [0, 0.1) is 0 Å². The Kier molecular flexibility index (Phi) is 4.57. The first-order valence-corrected chi connectivity index (χ1v) is 9.39. The van der Waals surface area contributed by atoms with Crippen LogP contribution in [0.5, 0.6) is 0 Å². The average molecular weight is 349 g/mol. The van der Waals surface area contributed by atoms with Gasteiger partial charge in [-0.1, -0.05) is 36.4 Å². The first kappa shape index (κ1) is 16.0. The van der Waals surface area contributed by atoms with Gasteiger partial charge in [0.25, 0.3) is 0 Å². The van der Waals surface area contributed by atoms with Crippen molar-refractivity contribution in [2.45, 2.75) is 25.3 Å². The molecule has 1 fully saturated rings. The Morgan fingerprint density at radius 3 is 2.80 bits per heavy atom. The number of likely N-dealkylation sites (tertiary alicyclic amines) is 1. The number of amides is 1. The Hall–Kier alpha value is -2.53. The summed E-state index contributed by atoms with van der Waals surface area (Å²) in [7, 11) is 0. The molecule has 1 atom stereocenters. The van der Waals surface area contributed by atoms with Crippen molar-refractivity contribution in [2.75, 3.05) is 6.54 Å². The predicted molar refractivity (Wildman–Crippen MR) is 99.2 cm³/mol. The molecule has 5 heteroatoms. The predicted octanol–water partition coefficient (Wildman–Crippen LogP) is 4.11. The first-order valence-electron chi connectivity index (χ1n) is 8.51. The Bertz CT molecular complexity index is 848. The second kappa shape index (κ2) is 7.15. The molecule has 1 saturated heterocycles. The lowest BCUT2D eigenvalue weighted by molar-refractivity contribution is -0.131. The van der Waals surface area contributed by atoms with Crippen LogP contribution in [-0.4, -0.2) is 27.3 Å². The maximum atomic E-state index is 12.8. The third-order valence-corrected chi connectivity index (χ3v) is 5.44. The van der Waals surface area contributed by atoms with Gasteiger partial charge in [-0.2, -0.15) is 0 Å². The van der Waals surface area contributed by atoms with E-state index in [0.717, 1.165) is 35.8 Å². The minimum Gasteiger partial charge on any atom is -0.335 e. The lowest BCUT2D eigenvalue weighted by Crippen LogP contribution is -2.31. The minimum atomic E-state index is 0.157. The fraction of sp³-hybridized carbons (Fsp3) is 0.250. The van der Waals surface area contributed by atoms with Crippen molar-refractivity contribution in [3.05, 3.63) is 71.4 Å². The number of rotatable bonds is 4. The molecule has 1 aliphatic heterocycles. The average Bonchev–Trinajstić information content (AvgIpc) is 3.33. The molecule has 4 nitrogen and oxygen atoms in total. The summed E-state index contributed by atoms with van der Waals surface area (Å²) in [5.74, 6) is 0.157. The SMILES string of the molecule is O=C(Cc1csc(-c2ccccn2)n1)N1CCCC1c1ccccc1. The second-order valence-electron chi connectivity index (χ2n) is 6.19. The van der Waals surface area contributed by atoms with Gasteiger partial charge in [0.05, 0.1) is 23.9 Å². The summed E-state index contributed by atoms with van der Waals surface area (Å²) in [5, 5.41) is 2.83. The van der Waals surface area contributed by atoms with Gasteiger partial charge in [-0.15, -0.1) is 11.3 Å². The lowest BCUT2D eigenvalue weighted by atomic mass is 10.0. The van der Waals surface area contributed by atoms with Gasteiger partial charge >= 0.3 is 0 Å². The van der Waals surface area contributed by atoms with Gasteiger partial charge in [-0.05, 0) is 30.5 Å². The molecule has 3 heterocycles. The summed E-state index contributed by atoms with van der Waals surface area (Å²) in [6.45, 7) is 0.829. The third kappa shape index (κ3) is 3.46. The normalized spacial score (nSPS) is 17.0. The van der Waals surface area contributed by atoms with Crippen LogP contribution < -0.4 is 0 Å². The van der Waals surface area contributed by atoms with E-state index in [1.165, 1.54) is 16.9 Å². The molecule has 0 aliphatic carbocycles. The summed E-state index contributed by atoms with van der Waals surface area (Å²) in [5.41, 5.74) is 2.91. The summed E-state index contributed by atoms with van der Waals surface area (Å²) >= 11 is 1.54. The zero-order valence-electron chi connectivity index (χ0n) is 13.8. The van der Waals surface area contributed by atoms with Gasteiger partial charge in [0, 0.05) is 18.1 Å². The van der Waals surface area contributed by atoms with E-state index in [9.17, 15) is 4.79 Å². The second-order valence-corrected chi connectivity index (χ2v) is 7.05. The third-order valence-electron chi connectivity index (χ3n) is 4.53. The summed E-state index contributed by atoms with van der Waals surface area (Å²) in [4.78, 5) is 23.7. The van der Waals surface area contributed by atoms with Crippen LogP contribution >= 0.6 is 11.3 Å². The van der Waals surface area contributed by atoms with Gasteiger partial charge in [0.15, 0.2) is 0 Å². The van der Waals surface area contributed by atoms with Gasteiger partial charge in [-0.25, -0.2) is 4.98 Å². The van der Waals surface area contributed by atoms with Crippen molar-refractivity contribution in [2.24, 2.45) is 0 Å². The summed E-state index contributed by atoms with van der Waals surface area (Å²) in [6, 6.07) is 16.3. The smallest absolute Gasteiger partial charge is 0.229 e. The van der Waals surface area contributed by atoms with Crippen LogP contribution in [0.2, 0.25) is 0 Å². The topological polar surface area (TPSA) is 46.1 Å². The van der Waals surface area contributed by atoms with Crippen LogP contribution in [0.25, 0.3) is 10.7 Å². The highest BCUT2D eigenvalue weighted by Crippen LogP contribution is 2.32. The van der Waals surface area contributed by atoms with E-state index in [0.29, 0.717) is 6.42 Å². The van der Waals surface area contributed by atoms with Gasteiger partial charge in [0.1, 0.15) is 5.01 Å².